The summed E-state index contributed by atoms with van der Waals surface area (Å²) in [6.45, 7) is 0. The van der Waals surface area contributed by atoms with Gasteiger partial charge in [-0.3, -0.25) is 4.98 Å². The van der Waals surface area contributed by atoms with Crippen molar-refractivity contribution in [3.8, 4) is 6.07 Å². The summed E-state index contributed by atoms with van der Waals surface area (Å²) in [5.41, 5.74) is -0.512. The quantitative estimate of drug-likeness (QED) is 0.617. The maximum Gasteiger partial charge on any atom is 0.373 e. The average molecular weight is 154 g/mol. The first-order valence-electron chi connectivity index (χ1n) is 2.87. The van der Waals surface area contributed by atoms with Crippen LogP contribution in [0.1, 0.15) is 5.69 Å². The Bertz CT molecular complexity index is 276. The molecule has 0 amide bonds. The van der Waals surface area contributed by atoms with E-state index in [0.29, 0.717) is 0 Å². The molecule has 0 atom stereocenters. The molecule has 1 aromatic rings. The number of rotatable bonds is 1. The second-order valence-electron chi connectivity index (χ2n) is 1.90. The molecule has 0 spiro atoms. The number of nitriles is 1. The standard InChI is InChI=1S/C7H4F2N2/c8-7(9,5-10)6-3-1-2-4-11-6/h1-4H. The van der Waals surface area contributed by atoms with Gasteiger partial charge in [-0.25, -0.2) is 0 Å². The molecule has 0 aliphatic heterocycles. The van der Waals surface area contributed by atoms with Crippen molar-refractivity contribution in [1.29, 1.82) is 5.26 Å². The van der Waals surface area contributed by atoms with Crippen molar-refractivity contribution in [3.63, 3.8) is 0 Å². The first-order chi connectivity index (χ1) is 5.17. The summed E-state index contributed by atoms with van der Waals surface area (Å²) in [6, 6.07) is 4.90. The van der Waals surface area contributed by atoms with Crippen molar-refractivity contribution < 1.29 is 8.78 Å². The number of halogens is 2. The van der Waals surface area contributed by atoms with E-state index < -0.39 is 11.6 Å². The van der Waals surface area contributed by atoms with E-state index in [0.717, 1.165) is 12.1 Å². The smallest absolute Gasteiger partial charge is 0.254 e. The van der Waals surface area contributed by atoms with Gasteiger partial charge in [-0.05, 0) is 12.1 Å². The Morgan fingerprint density at radius 2 is 2.18 bits per heavy atom. The number of aromatic nitrogens is 1. The second-order valence-corrected chi connectivity index (χ2v) is 1.90. The summed E-state index contributed by atoms with van der Waals surface area (Å²) in [6.07, 6.45) is 1.22. The third-order valence-corrected chi connectivity index (χ3v) is 1.13. The molecule has 0 radical (unpaired) electrons. The fraction of sp³-hybridized carbons (Fsp3) is 0.143. The predicted octanol–water partition coefficient (Wildman–Crippen LogP) is 1.70. The lowest BCUT2D eigenvalue weighted by Gasteiger charge is -2.03. The Morgan fingerprint density at radius 3 is 2.64 bits per heavy atom. The SMILES string of the molecule is N#CC(F)(F)c1ccccn1. The topological polar surface area (TPSA) is 36.7 Å². The summed E-state index contributed by atoms with van der Waals surface area (Å²) in [7, 11) is 0. The Hall–Kier alpha value is -1.50. The lowest BCUT2D eigenvalue weighted by Crippen LogP contribution is -2.11. The fourth-order valence-corrected chi connectivity index (χ4v) is 0.606. The number of hydrogen-bond donors (Lipinski definition) is 0. The van der Waals surface area contributed by atoms with E-state index in [1.54, 1.807) is 0 Å². The molecule has 1 aromatic heterocycles. The largest absolute Gasteiger partial charge is 0.373 e. The first-order valence-corrected chi connectivity index (χ1v) is 2.87. The van der Waals surface area contributed by atoms with Crippen molar-refractivity contribution in [3.05, 3.63) is 30.1 Å². The van der Waals surface area contributed by atoms with Gasteiger partial charge in [0.25, 0.3) is 0 Å². The molecule has 4 heteroatoms. The zero-order chi connectivity index (χ0) is 8.32. The van der Waals surface area contributed by atoms with Gasteiger partial charge in [-0.15, -0.1) is 0 Å². The van der Waals surface area contributed by atoms with Crippen LogP contribution < -0.4 is 0 Å². The van der Waals surface area contributed by atoms with Crippen LogP contribution in [0, 0.1) is 11.3 Å². The second kappa shape index (κ2) is 2.62. The van der Waals surface area contributed by atoms with Crippen LogP contribution in [0.3, 0.4) is 0 Å². The Labute approximate surface area is 62.1 Å². The monoisotopic (exact) mass is 154 g/mol. The molecule has 11 heavy (non-hydrogen) atoms. The van der Waals surface area contributed by atoms with Crippen molar-refractivity contribution in [2.75, 3.05) is 0 Å². The van der Waals surface area contributed by atoms with Crippen LogP contribution >= 0.6 is 0 Å². The molecule has 1 rings (SSSR count). The molecular formula is C7H4F2N2. The molecule has 0 saturated carbocycles. The van der Waals surface area contributed by atoms with Gasteiger partial charge >= 0.3 is 5.92 Å². The molecule has 2 nitrogen and oxygen atoms in total. The molecule has 0 aromatic carbocycles. The maximum absolute atomic E-state index is 12.5. The number of nitrogens with zero attached hydrogens (tertiary/aromatic N) is 2. The van der Waals surface area contributed by atoms with Gasteiger partial charge in [-0.1, -0.05) is 6.07 Å². The lowest BCUT2D eigenvalue weighted by molar-refractivity contribution is 0.0563. The molecular weight excluding hydrogens is 150 g/mol. The summed E-state index contributed by atoms with van der Waals surface area (Å²) in [4.78, 5) is 3.35. The molecule has 1 heterocycles. The van der Waals surface area contributed by atoms with E-state index in [4.69, 9.17) is 5.26 Å². The molecule has 0 saturated heterocycles. The molecule has 0 aliphatic rings. The summed E-state index contributed by atoms with van der Waals surface area (Å²) in [5, 5.41) is 8.01. The lowest BCUT2D eigenvalue weighted by atomic mass is 10.2. The number of pyridine rings is 1. The summed E-state index contributed by atoms with van der Waals surface area (Å²) >= 11 is 0. The zero-order valence-electron chi connectivity index (χ0n) is 5.46. The van der Waals surface area contributed by atoms with E-state index in [2.05, 4.69) is 4.98 Å². The minimum atomic E-state index is -3.47. The van der Waals surface area contributed by atoms with E-state index in [1.165, 1.54) is 18.3 Å². The van der Waals surface area contributed by atoms with Gasteiger partial charge in [0.1, 0.15) is 11.8 Å². The molecule has 0 aliphatic carbocycles. The first kappa shape index (κ1) is 7.61. The van der Waals surface area contributed by atoms with Crippen LogP contribution in [0.25, 0.3) is 0 Å². The van der Waals surface area contributed by atoms with Crippen molar-refractivity contribution >= 4 is 0 Å². The van der Waals surface area contributed by atoms with Crippen LogP contribution in [0.4, 0.5) is 8.78 Å². The van der Waals surface area contributed by atoms with Crippen LogP contribution in [-0.2, 0) is 5.92 Å². The minimum Gasteiger partial charge on any atom is -0.254 e. The van der Waals surface area contributed by atoms with Crippen LogP contribution in [0.5, 0.6) is 0 Å². The third kappa shape index (κ3) is 1.49. The Balaban J connectivity index is 3.05. The van der Waals surface area contributed by atoms with Gasteiger partial charge in [0.15, 0.2) is 0 Å². The Kier molecular flexibility index (Phi) is 1.81. The molecule has 0 bridgehead atoms. The van der Waals surface area contributed by atoms with Crippen molar-refractivity contribution in [1.82, 2.24) is 4.98 Å². The van der Waals surface area contributed by atoms with Crippen LogP contribution in [-0.4, -0.2) is 4.98 Å². The predicted molar refractivity (Wildman–Crippen MR) is 33.7 cm³/mol. The Morgan fingerprint density at radius 1 is 1.45 bits per heavy atom. The highest BCUT2D eigenvalue weighted by atomic mass is 19.3. The third-order valence-electron chi connectivity index (χ3n) is 1.13. The van der Waals surface area contributed by atoms with E-state index in [9.17, 15) is 8.78 Å². The maximum atomic E-state index is 12.5. The minimum absolute atomic E-state index is 0.512. The van der Waals surface area contributed by atoms with E-state index >= 15 is 0 Å². The average Bonchev–Trinajstić information content (AvgIpc) is 2.06. The van der Waals surface area contributed by atoms with E-state index in [-0.39, 0.29) is 0 Å². The fourth-order valence-electron chi connectivity index (χ4n) is 0.606. The highest BCUT2D eigenvalue weighted by Crippen LogP contribution is 2.23. The van der Waals surface area contributed by atoms with Crippen molar-refractivity contribution in [2.24, 2.45) is 0 Å². The van der Waals surface area contributed by atoms with Gasteiger partial charge in [0.05, 0.1) is 0 Å². The molecule has 0 unspecified atom stereocenters. The van der Waals surface area contributed by atoms with Gasteiger partial charge in [0, 0.05) is 6.20 Å². The van der Waals surface area contributed by atoms with Gasteiger partial charge < -0.3 is 0 Å². The van der Waals surface area contributed by atoms with Crippen molar-refractivity contribution in [2.45, 2.75) is 5.92 Å². The van der Waals surface area contributed by atoms with Gasteiger partial charge in [0.2, 0.25) is 0 Å². The summed E-state index contributed by atoms with van der Waals surface area (Å²) < 4.78 is 24.9. The number of alkyl halides is 2. The van der Waals surface area contributed by atoms with E-state index in [1.807, 2.05) is 0 Å². The normalized spacial score (nSPS) is 10.6. The number of hydrogen-bond acceptors (Lipinski definition) is 2. The molecule has 56 valence electrons. The van der Waals surface area contributed by atoms with Crippen LogP contribution in [0.15, 0.2) is 24.4 Å². The zero-order valence-corrected chi connectivity index (χ0v) is 5.46. The highest BCUT2D eigenvalue weighted by Gasteiger charge is 2.32. The summed E-state index contributed by atoms with van der Waals surface area (Å²) in [5.74, 6) is -3.47. The van der Waals surface area contributed by atoms with Crippen LogP contribution in [0.2, 0.25) is 0 Å². The highest BCUT2D eigenvalue weighted by molar-refractivity contribution is 5.16. The van der Waals surface area contributed by atoms with Gasteiger partial charge in [-0.2, -0.15) is 14.0 Å². The molecule has 0 fully saturated rings. The molecule has 0 N–H and O–H groups in total.